The Bertz CT molecular complexity index is 738. The van der Waals surface area contributed by atoms with Crippen LogP contribution in [0.4, 0.5) is 16.3 Å². The highest BCUT2D eigenvalue weighted by atomic mass is 16.2. The number of carbonyl (C=O) groups excluding carboxylic acids is 1. The van der Waals surface area contributed by atoms with Gasteiger partial charge in [0.2, 0.25) is 0 Å². The summed E-state index contributed by atoms with van der Waals surface area (Å²) in [6.45, 7) is 13.4. The summed E-state index contributed by atoms with van der Waals surface area (Å²) >= 11 is 0. The third-order valence-electron chi connectivity index (χ3n) is 3.86. The second kappa shape index (κ2) is 7.32. The van der Waals surface area contributed by atoms with Crippen LogP contribution in [-0.2, 0) is 17.4 Å². The average molecular weight is 355 g/mol. The standard InChI is InChI=1S/C20H29N5O/c1-19(2,3)15-11-16(25-17(24-15)20(4,5)6)22-12-13-7-9-14(10-8-13)23-18(21)26/h7-11H,12H2,1-6H3,(H3,21,23,26)(H,22,24,25). The summed E-state index contributed by atoms with van der Waals surface area (Å²) in [5.74, 6) is 1.64. The highest BCUT2D eigenvalue weighted by molar-refractivity contribution is 5.87. The number of amides is 2. The molecule has 0 radical (unpaired) electrons. The molecule has 0 bridgehead atoms. The van der Waals surface area contributed by atoms with E-state index in [4.69, 9.17) is 15.7 Å². The van der Waals surface area contributed by atoms with Crippen molar-refractivity contribution in [3.8, 4) is 0 Å². The molecule has 0 unspecified atom stereocenters. The largest absolute Gasteiger partial charge is 0.366 e. The molecule has 0 fully saturated rings. The molecule has 0 aliphatic heterocycles. The Morgan fingerprint density at radius 1 is 1.00 bits per heavy atom. The van der Waals surface area contributed by atoms with Crippen LogP contribution in [0.3, 0.4) is 0 Å². The van der Waals surface area contributed by atoms with Crippen molar-refractivity contribution in [3.05, 3.63) is 47.4 Å². The maximum atomic E-state index is 10.9. The third kappa shape index (κ3) is 5.44. The number of nitrogens with two attached hydrogens (primary N) is 1. The van der Waals surface area contributed by atoms with Gasteiger partial charge >= 0.3 is 6.03 Å². The summed E-state index contributed by atoms with van der Waals surface area (Å²) < 4.78 is 0. The van der Waals surface area contributed by atoms with Gasteiger partial charge in [-0.05, 0) is 17.7 Å². The summed E-state index contributed by atoms with van der Waals surface area (Å²) in [6.07, 6.45) is 0. The number of carbonyl (C=O) groups is 1. The molecule has 4 N–H and O–H groups in total. The van der Waals surface area contributed by atoms with Crippen LogP contribution < -0.4 is 16.4 Å². The molecule has 2 aromatic rings. The monoisotopic (exact) mass is 355 g/mol. The molecule has 1 aromatic carbocycles. The molecule has 1 heterocycles. The van der Waals surface area contributed by atoms with Gasteiger partial charge < -0.3 is 16.4 Å². The molecule has 0 saturated heterocycles. The van der Waals surface area contributed by atoms with Gasteiger partial charge in [-0.3, -0.25) is 0 Å². The van der Waals surface area contributed by atoms with Gasteiger partial charge in [0.25, 0.3) is 0 Å². The van der Waals surface area contributed by atoms with Crippen LogP contribution in [0.1, 0.15) is 58.6 Å². The minimum atomic E-state index is -0.568. The van der Waals surface area contributed by atoms with Gasteiger partial charge in [-0.25, -0.2) is 14.8 Å². The van der Waals surface area contributed by atoms with Gasteiger partial charge in [-0.1, -0.05) is 53.7 Å². The summed E-state index contributed by atoms with van der Waals surface area (Å²) in [5.41, 5.74) is 7.71. The fourth-order valence-electron chi connectivity index (χ4n) is 2.30. The quantitative estimate of drug-likeness (QED) is 0.767. The van der Waals surface area contributed by atoms with Crippen LogP contribution in [0.2, 0.25) is 0 Å². The van der Waals surface area contributed by atoms with Crippen molar-refractivity contribution < 1.29 is 4.79 Å². The lowest BCUT2D eigenvalue weighted by molar-refractivity contribution is 0.259. The Morgan fingerprint density at radius 2 is 1.62 bits per heavy atom. The predicted molar refractivity (Wildman–Crippen MR) is 106 cm³/mol. The second-order valence-corrected chi connectivity index (χ2v) is 8.50. The predicted octanol–water partition coefficient (Wildman–Crippen LogP) is 4.17. The SMILES string of the molecule is CC(C)(C)c1cc(NCc2ccc(NC(N)=O)cc2)nc(C(C)(C)C)n1. The van der Waals surface area contributed by atoms with Crippen molar-refractivity contribution in [3.63, 3.8) is 0 Å². The summed E-state index contributed by atoms with van der Waals surface area (Å²) in [4.78, 5) is 20.3. The highest BCUT2D eigenvalue weighted by Gasteiger charge is 2.23. The molecule has 6 heteroatoms. The van der Waals surface area contributed by atoms with Crippen LogP contribution in [-0.4, -0.2) is 16.0 Å². The molecule has 26 heavy (non-hydrogen) atoms. The van der Waals surface area contributed by atoms with Crippen molar-refractivity contribution >= 4 is 17.5 Å². The van der Waals surface area contributed by atoms with Crippen molar-refractivity contribution in [1.82, 2.24) is 9.97 Å². The average Bonchev–Trinajstić information content (AvgIpc) is 2.52. The molecule has 0 aliphatic rings. The zero-order valence-corrected chi connectivity index (χ0v) is 16.5. The molecule has 0 atom stereocenters. The first-order valence-corrected chi connectivity index (χ1v) is 8.74. The minimum Gasteiger partial charge on any atom is -0.366 e. The molecule has 1 aromatic heterocycles. The van der Waals surface area contributed by atoms with E-state index in [9.17, 15) is 4.79 Å². The maximum Gasteiger partial charge on any atom is 0.316 e. The van der Waals surface area contributed by atoms with Crippen LogP contribution >= 0.6 is 0 Å². The Labute approximate surface area is 155 Å². The van der Waals surface area contributed by atoms with Crippen LogP contribution in [0.25, 0.3) is 0 Å². The number of anilines is 2. The van der Waals surface area contributed by atoms with Crippen molar-refractivity contribution in [2.75, 3.05) is 10.6 Å². The van der Waals surface area contributed by atoms with Crippen molar-refractivity contribution in [2.24, 2.45) is 5.73 Å². The lowest BCUT2D eigenvalue weighted by Crippen LogP contribution is -2.22. The smallest absolute Gasteiger partial charge is 0.316 e. The van der Waals surface area contributed by atoms with Crippen molar-refractivity contribution in [1.29, 1.82) is 0 Å². The fraction of sp³-hybridized carbons (Fsp3) is 0.450. The van der Waals surface area contributed by atoms with E-state index in [-0.39, 0.29) is 10.8 Å². The number of benzene rings is 1. The van der Waals surface area contributed by atoms with E-state index in [2.05, 4.69) is 52.2 Å². The van der Waals surface area contributed by atoms with E-state index in [0.717, 1.165) is 22.9 Å². The lowest BCUT2D eigenvalue weighted by Gasteiger charge is -2.24. The number of rotatable bonds is 4. The number of urea groups is 1. The zero-order valence-electron chi connectivity index (χ0n) is 16.5. The lowest BCUT2D eigenvalue weighted by atomic mass is 9.90. The molecule has 0 aliphatic carbocycles. The minimum absolute atomic E-state index is 0.0541. The topological polar surface area (TPSA) is 92.9 Å². The van der Waals surface area contributed by atoms with E-state index in [1.807, 2.05) is 30.3 Å². The number of hydrogen-bond donors (Lipinski definition) is 3. The highest BCUT2D eigenvalue weighted by Crippen LogP contribution is 2.27. The summed E-state index contributed by atoms with van der Waals surface area (Å²) in [5, 5.41) is 5.93. The van der Waals surface area contributed by atoms with Gasteiger partial charge in [0.1, 0.15) is 11.6 Å². The van der Waals surface area contributed by atoms with Gasteiger partial charge in [0, 0.05) is 29.1 Å². The number of nitrogens with zero attached hydrogens (tertiary/aromatic N) is 2. The van der Waals surface area contributed by atoms with Gasteiger partial charge in [0.05, 0.1) is 5.69 Å². The van der Waals surface area contributed by atoms with Gasteiger partial charge in [-0.15, -0.1) is 0 Å². The molecule has 6 nitrogen and oxygen atoms in total. The summed E-state index contributed by atoms with van der Waals surface area (Å²) in [6, 6.07) is 8.97. The summed E-state index contributed by atoms with van der Waals surface area (Å²) in [7, 11) is 0. The first kappa shape index (κ1) is 19.7. The second-order valence-electron chi connectivity index (χ2n) is 8.50. The Balaban J connectivity index is 2.19. The van der Waals surface area contributed by atoms with E-state index in [0.29, 0.717) is 12.2 Å². The van der Waals surface area contributed by atoms with Crippen LogP contribution in [0, 0.1) is 0 Å². The van der Waals surface area contributed by atoms with Crippen LogP contribution in [0.5, 0.6) is 0 Å². The third-order valence-corrected chi connectivity index (χ3v) is 3.86. The maximum absolute atomic E-state index is 10.9. The number of aromatic nitrogens is 2. The Hall–Kier alpha value is -2.63. The Kier molecular flexibility index (Phi) is 5.54. The Morgan fingerprint density at radius 3 is 2.12 bits per heavy atom. The molecule has 2 amide bonds. The van der Waals surface area contributed by atoms with Crippen molar-refractivity contribution in [2.45, 2.75) is 58.9 Å². The normalized spacial score (nSPS) is 11.9. The number of primary amides is 1. The van der Waals surface area contributed by atoms with E-state index in [1.54, 1.807) is 0 Å². The molecule has 2 rings (SSSR count). The first-order valence-electron chi connectivity index (χ1n) is 8.74. The molecule has 140 valence electrons. The number of nitrogens with one attached hydrogen (secondary N) is 2. The van der Waals surface area contributed by atoms with E-state index >= 15 is 0 Å². The number of hydrogen-bond acceptors (Lipinski definition) is 4. The fourth-order valence-corrected chi connectivity index (χ4v) is 2.30. The molecule has 0 saturated carbocycles. The molecule has 0 spiro atoms. The van der Waals surface area contributed by atoms with E-state index in [1.165, 1.54) is 0 Å². The van der Waals surface area contributed by atoms with Crippen LogP contribution in [0.15, 0.2) is 30.3 Å². The molecular formula is C20H29N5O. The molecular weight excluding hydrogens is 326 g/mol. The first-order chi connectivity index (χ1) is 11.9. The van der Waals surface area contributed by atoms with Gasteiger partial charge in [-0.2, -0.15) is 0 Å². The van der Waals surface area contributed by atoms with Gasteiger partial charge in [0.15, 0.2) is 0 Å². The zero-order chi connectivity index (χ0) is 19.5. The van der Waals surface area contributed by atoms with E-state index < -0.39 is 6.03 Å².